The summed E-state index contributed by atoms with van der Waals surface area (Å²) in [4.78, 5) is 38.6. The Morgan fingerprint density at radius 2 is 1.76 bits per heavy atom. The average molecular weight is 398 g/mol. The van der Waals surface area contributed by atoms with Gasteiger partial charge in [0.2, 0.25) is 0 Å². The minimum Gasteiger partial charge on any atom is -0.462 e. The van der Waals surface area contributed by atoms with Crippen molar-refractivity contribution in [3.05, 3.63) is 58.1 Å². The predicted octanol–water partition coefficient (Wildman–Crippen LogP) is 1.64. The quantitative estimate of drug-likeness (QED) is 0.297. The molecule has 0 aromatic heterocycles. The molecule has 0 fully saturated rings. The molecule has 0 bridgehead atoms. The predicted molar refractivity (Wildman–Crippen MR) is 107 cm³/mol. The van der Waals surface area contributed by atoms with Crippen molar-refractivity contribution in [3.8, 4) is 0 Å². The van der Waals surface area contributed by atoms with Crippen LogP contribution in [0.1, 0.15) is 49.1 Å². The van der Waals surface area contributed by atoms with Crippen molar-refractivity contribution in [1.82, 2.24) is 0 Å². The van der Waals surface area contributed by atoms with Gasteiger partial charge in [-0.2, -0.15) is 0 Å². The largest absolute Gasteiger partial charge is 0.462 e. The zero-order valence-electron chi connectivity index (χ0n) is 16.0. The van der Waals surface area contributed by atoms with Crippen LogP contribution in [-0.4, -0.2) is 55.6 Å². The molecule has 1 aliphatic carbocycles. The zero-order valence-corrected chi connectivity index (χ0v) is 16.0. The van der Waals surface area contributed by atoms with E-state index < -0.39 is 11.8 Å². The van der Waals surface area contributed by atoms with Crippen molar-refractivity contribution >= 4 is 28.9 Å². The first kappa shape index (κ1) is 20.5. The Morgan fingerprint density at radius 1 is 1.10 bits per heavy atom. The summed E-state index contributed by atoms with van der Waals surface area (Å²) in [5.41, 5.74) is 7.06. The van der Waals surface area contributed by atoms with Gasteiger partial charge in [0.15, 0.2) is 11.6 Å². The molecule has 0 heterocycles. The molecule has 0 unspecified atom stereocenters. The molecule has 0 saturated heterocycles. The lowest BCUT2D eigenvalue weighted by molar-refractivity contribution is 0.0527. The van der Waals surface area contributed by atoms with E-state index in [2.05, 4.69) is 5.32 Å². The normalized spacial score (nSPS) is 12.3. The van der Waals surface area contributed by atoms with E-state index in [1.54, 1.807) is 31.2 Å². The number of ketones is 2. The Kier molecular flexibility index (Phi) is 6.26. The molecule has 152 valence electrons. The lowest BCUT2D eigenvalue weighted by Gasteiger charge is -2.23. The Hall–Kier alpha value is -3.23. The number of carbonyl (C=O) groups excluding carboxylic acids is 3. The third kappa shape index (κ3) is 3.85. The number of fused-ring (bicyclic) bond motifs is 2. The highest BCUT2D eigenvalue weighted by Gasteiger charge is 2.35. The molecule has 0 atom stereocenters. The minimum absolute atomic E-state index is 0.00182. The fourth-order valence-electron chi connectivity index (χ4n) is 3.26. The standard InChI is InChI=1S/C21H22N2O6/c1-2-29-21(27)14-11-15(23-7-9-28-10-8-24)16-17(18(14)22)20(26)13-6-4-3-5-12(13)19(16)25/h3-6,11,23-24H,2,7-10,22H2,1H3. The first-order chi connectivity index (χ1) is 14.0. The first-order valence-electron chi connectivity index (χ1n) is 9.25. The monoisotopic (exact) mass is 398 g/mol. The second-order valence-electron chi connectivity index (χ2n) is 6.32. The molecule has 8 heteroatoms. The SMILES string of the molecule is CCOC(=O)c1cc(NCCOCCO)c2c(c1N)C(=O)c1ccccc1C2=O. The fourth-order valence-corrected chi connectivity index (χ4v) is 3.26. The van der Waals surface area contributed by atoms with Crippen molar-refractivity contribution < 1.29 is 29.0 Å². The van der Waals surface area contributed by atoms with Crippen molar-refractivity contribution in [2.24, 2.45) is 0 Å². The van der Waals surface area contributed by atoms with Crippen LogP contribution in [0.15, 0.2) is 30.3 Å². The molecule has 29 heavy (non-hydrogen) atoms. The highest BCUT2D eigenvalue weighted by Crippen LogP contribution is 2.37. The van der Waals surface area contributed by atoms with E-state index in [9.17, 15) is 14.4 Å². The van der Waals surface area contributed by atoms with Crippen LogP contribution in [0.2, 0.25) is 0 Å². The summed E-state index contributed by atoms with van der Waals surface area (Å²) in [6.45, 7) is 2.43. The van der Waals surface area contributed by atoms with E-state index in [1.165, 1.54) is 6.07 Å². The first-order valence-corrected chi connectivity index (χ1v) is 9.25. The smallest absolute Gasteiger partial charge is 0.340 e. The summed E-state index contributed by atoms with van der Waals surface area (Å²) >= 11 is 0. The van der Waals surface area contributed by atoms with Crippen LogP contribution in [0.3, 0.4) is 0 Å². The second kappa shape index (κ2) is 8.85. The van der Waals surface area contributed by atoms with Gasteiger partial charge in [-0.3, -0.25) is 9.59 Å². The molecule has 1 aliphatic rings. The van der Waals surface area contributed by atoms with E-state index in [0.29, 0.717) is 12.2 Å². The van der Waals surface area contributed by atoms with Crippen molar-refractivity contribution in [2.75, 3.05) is 44.0 Å². The third-order valence-corrected chi connectivity index (χ3v) is 4.53. The Labute approximate surface area is 167 Å². The molecular weight excluding hydrogens is 376 g/mol. The molecular formula is C21H22N2O6. The summed E-state index contributed by atoms with van der Waals surface area (Å²) in [7, 11) is 0. The molecule has 2 aromatic carbocycles. The molecule has 8 nitrogen and oxygen atoms in total. The molecule has 2 aromatic rings. The molecule has 0 spiro atoms. The summed E-state index contributed by atoms with van der Waals surface area (Å²) in [5, 5.41) is 11.8. The number of ether oxygens (including phenoxy) is 2. The number of rotatable bonds is 8. The van der Waals surface area contributed by atoms with Gasteiger partial charge in [-0.15, -0.1) is 0 Å². The van der Waals surface area contributed by atoms with Crippen LogP contribution in [0.4, 0.5) is 11.4 Å². The maximum Gasteiger partial charge on any atom is 0.340 e. The average Bonchev–Trinajstić information content (AvgIpc) is 2.72. The molecule has 0 amide bonds. The number of benzene rings is 2. The molecule has 0 aliphatic heterocycles. The lowest BCUT2D eigenvalue weighted by atomic mass is 9.81. The van der Waals surface area contributed by atoms with Crippen molar-refractivity contribution in [1.29, 1.82) is 0 Å². The second-order valence-corrected chi connectivity index (χ2v) is 6.32. The van der Waals surface area contributed by atoms with Gasteiger partial charge in [0.05, 0.1) is 48.8 Å². The van der Waals surface area contributed by atoms with Gasteiger partial charge < -0.3 is 25.6 Å². The summed E-state index contributed by atoms with van der Waals surface area (Å²) in [5.74, 6) is -1.44. The van der Waals surface area contributed by atoms with Gasteiger partial charge in [-0.1, -0.05) is 24.3 Å². The Balaban J connectivity index is 2.10. The van der Waals surface area contributed by atoms with Gasteiger partial charge in [-0.05, 0) is 13.0 Å². The highest BCUT2D eigenvalue weighted by molar-refractivity contribution is 6.32. The number of hydrogen-bond donors (Lipinski definition) is 3. The van der Waals surface area contributed by atoms with Crippen LogP contribution in [0, 0.1) is 0 Å². The molecule has 3 rings (SSSR count). The molecule has 0 saturated carbocycles. The topological polar surface area (TPSA) is 128 Å². The zero-order chi connectivity index (χ0) is 21.0. The minimum atomic E-state index is -0.675. The van der Waals surface area contributed by atoms with E-state index in [0.717, 1.165) is 0 Å². The third-order valence-electron chi connectivity index (χ3n) is 4.53. The number of nitrogen functional groups attached to an aromatic ring is 1. The van der Waals surface area contributed by atoms with Gasteiger partial charge in [0.1, 0.15) is 0 Å². The van der Waals surface area contributed by atoms with E-state index in [1.807, 2.05) is 0 Å². The maximum absolute atomic E-state index is 13.1. The number of carbonyl (C=O) groups is 3. The van der Waals surface area contributed by atoms with Gasteiger partial charge in [-0.25, -0.2) is 4.79 Å². The Bertz CT molecular complexity index is 970. The van der Waals surface area contributed by atoms with Gasteiger partial charge >= 0.3 is 5.97 Å². The molecule has 4 N–H and O–H groups in total. The Morgan fingerprint density at radius 3 is 2.38 bits per heavy atom. The number of anilines is 2. The maximum atomic E-state index is 13.1. The molecule has 0 radical (unpaired) electrons. The number of aliphatic hydroxyl groups excluding tert-OH is 1. The van der Waals surface area contributed by atoms with E-state index in [-0.39, 0.29) is 65.7 Å². The van der Waals surface area contributed by atoms with E-state index in [4.69, 9.17) is 20.3 Å². The van der Waals surface area contributed by atoms with Crippen LogP contribution >= 0.6 is 0 Å². The number of nitrogens with one attached hydrogen (secondary N) is 1. The summed E-state index contributed by atoms with van der Waals surface area (Å²) < 4.78 is 10.3. The van der Waals surface area contributed by atoms with Gasteiger partial charge in [0.25, 0.3) is 0 Å². The van der Waals surface area contributed by atoms with Crippen molar-refractivity contribution in [3.63, 3.8) is 0 Å². The number of nitrogens with two attached hydrogens (primary N) is 1. The number of hydrogen-bond acceptors (Lipinski definition) is 8. The van der Waals surface area contributed by atoms with Crippen LogP contribution < -0.4 is 11.1 Å². The van der Waals surface area contributed by atoms with Crippen LogP contribution in [0.25, 0.3) is 0 Å². The van der Waals surface area contributed by atoms with E-state index >= 15 is 0 Å². The summed E-state index contributed by atoms with van der Waals surface area (Å²) in [6, 6.07) is 7.92. The fraction of sp³-hybridized carbons (Fsp3) is 0.286. The van der Waals surface area contributed by atoms with Crippen molar-refractivity contribution in [2.45, 2.75) is 6.92 Å². The number of aliphatic hydroxyl groups is 1. The van der Waals surface area contributed by atoms with Gasteiger partial charge in [0, 0.05) is 23.4 Å². The summed E-state index contributed by atoms with van der Waals surface area (Å²) in [6.07, 6.45) is 0. The van der Waals surface area contributed by atoms with Crippen LogP contribution in [-0.2, 0) is 9.47 Å². The van der Waals surface area contributed by atoms with Crippen LogP contribution in [0.5, 0.6) is 0 Å². The number of esters is 1. The highest BCUT2D eigenvalue weighted by atomic mass is 16.5. The lowest BCUT2D eigenvalue weighted by Crippen LogP contribution is -2.26.